The number of unbranched alkanes of at least 4 members (excludes halogenated alkanes) is 35. The highest BCUT2D eigenvalue weighted by Gasteiger charge is 2.15. The Morgan fingerprint density at radius 1 is 0.355 bits per heavy atom. The van der Waals surface area contributed by atoms with Gasteiger partial charge in [-0.05, 0) is 83.8 Å². The van der Waals surface area contributed by atoms with E-state index < -0.39 is 0 Å². The number of ether oxygens (including phenoxy) is 6. The van der Waals surface area contributed by atoms with Gasteiger partial charge in [0.1, 0.15) is 0 Å². The molecule has 0 aliphatic heterocycles. The number of allylic oxidation sites excluding steroid dienone is 1. The zero-order chi connectivity index (χ0) is 55.7. The first kappa shape index (κ1) is 76.8. The van der Waals surface area contributed by atoms with E-state index in [2.05, 4.69) is 39.2 Å². The van der Waals surface area contributed by atoms with Gasteiger partial charge in [0.25, 0.3) is 0 Å². The zero-order valence-corrected chi connectivity index (χ0v) is 52.2. The first-order chi connectivity index (χ1) is 37.5. The molecule has 76 heavy (non-hydrogen) atoms. The highest BCUT2D eigenvalue weighted by molar-refractivity contribution is 5.69. The molecular weight excluding hydrogens is 947 g/mol. The van der Waals surface area contributed by atoms with Crippen LogP contribution in [0.3, 0.4) is 0 Å². The van der Waals surface area contributed by atoms with E-state index >= 15 is 0 Å². The van der Waals surface area contributed by atoms with E-state index in [1.165, 1.54) is 212 Å². The summed E-state index contributed by atoms with van der Waals surface area (Å²) in [7, 11) is 0. The molecule has 1 N–H and O–H groups in total. The summed E-state index contributed by atoms with van der Waals surface area (Å²) < 4.78 is 36.5. The third-order valence-corrected chi connectivity index (χ3v) is 14.6. The van der Waals surface area contributed by atoms with E-state index in [4.69, 9.17) is 28.4 Å². The molecule has 456 valence electrons. The molecule has 0 amide bonds. The average molecular weight is 1080 g/mol. The van der Waals surface area contributed by atoms with Crippen molar-refractivity contribution in [2.75, 3.05) is 65.9 Å². The molecule has 0 heterocycles. The van der Waals surface area contributed by atoms with Crippen LogP contribution in [0.5, 0.6) is 0 Å². The summed E-state index contributed by atoms with van der Waals surface area (Å²) in [5.74, 6) is 0.736. The van der Waals surface area contributed by atoms with Gasteiger partial charge in [0, 0.05) is 52.3 Å². The van der Waals surface area contributed by atoms with Crippen LogP contribution in [0.25, 0.3) is 0 Å². The van der Waals surface area contributed by atoms with Crippen LogP contribution in [-0.4, -0.2) is 94.4 Å². The fourth-order valence-corrected chi connectivity index (χ4v) is 9.66. The number of carbonyl (C=O) groups is 1. The maximum atomic E-state index is 12.6. The summed E-state index contributed by atoms with van der Waals surface area (Å²) in [6, 6.07) is 0. The minimum Gasteiger partial charge on any atom is -0.499 e. The van der Waals surface area contributed by atoms with Gasteiger partial charge < -0.3 is 38.4 Å². The van der Waals surface area contributed by atoms with Crippen LogP contribution in [0.2, 0.25) is 0 Å². The van der Waals surface area contributed by atoms with E-state index in [9.17, 15) is 9.90 Å². The maximum Gasteiger partial charge on any atom is 0.305 e. The van der Waals surface area contributed by atoms with Gasteiger partial charge in [-0.2, -0.15) is 0 Å². The van der Waals surface area contributed by atoms with E-state index in [1.807, 2.05) is 13.8 Å². The van der Waals surface area contributed by atoms with Crippen molar-refractivity contribution in [1.29, 1.82) is 0 Å². The number of carbonyl (C=O) groups excluding carboxylic acids is 1. The van der Waals surface area contributed by atoms with E-state index in [1.54, 1.807) is 0 Å². The number of hydrogen-bond donors (Lipinski definition) is 1. The standard InChI is InChI=1S/C65H129NO8.C2H6/c1-6-10-14-18-24-34-44-58-71-64(72-59-45-35-25-19-15-11-7-2)50-48-62(5)69-56-42-32-28-22-30-38-52-66(54-40-41-55-67)53-39-31-23-29-33-43-57-70-63(68)49-51-65(73-60-46-36-26-20-16-12-8-3)74-61-47-37-27-21-17-13-9-4;1-2/h64-65,67H,5-61H2,1-4H3;1-2H3. The van der Waals surface area contributed by atoms with E-state index in [0.717, 1.165) is 116 Å². The van der Waals surface area contributed by atoms with Gasteiger partial charge in [0.15, 0.2) is 12.6 Å². The summed E-state index contributed by atoms with van der Waals surface area (Å²) in [5.41, 5.74) is 0. The number of aliphatic hydroxyl groups is 1. The number of rotatable bonds is 65. The normalized spacial score (nSPS) is 11.6. The van der Waals surface area contributed by atoms with Crippen molar-refractivity contribution in [2.24, 2.45) is 0 Å². The van der Waals surface area contributed by atoms with Crippen LogP contribution >= 0.6 is 0 Å². The molecule has 0 atom stereocenters. The van der Waals surface area contributed by atoms with Gasteiger partial charge in [-0.1, -0.05) is 254 Å². The van der Waals surface area contributed by atoms with Crippen molar-refractivity contribution < 1.29 is 38.3 Å². The average Bonchev–Trinajstić information content (AvgIpc) is 3.43. The Balaban J connectivity index is 0. The Hall–Kier alpha value is -1.23. The summed E-state index contributed by atoms with van der Waals surface area (Å²) in [6.07, 6.45) is 53.9. The molecule has 0 rings (SSSR count). The predicted octanol–water partition coefficient (Wildman–Crippen LogP) is 20.1. The van der Waals surface area contributed by atoms with Crippen molar-refractivity contribution in [3.8, 4) is 0 Å². The lowest BCUT2D eigenvalue weighted by atomic mass is 10.1. The third kappa shape index (κ3) is 62.0. The molecule has 0 aliphatic carbocycles. The maximum absolute atomic E-state index is 12.6. The molecular formula is C67H135NO8. The van der Waals surface area contributed by atoms with Crippen molar-refractivity contribution in [3.05, 3.63) is 12.3 Å². The highest BCUT2D eigenvalue weighted by Crippen LogP contribution is 2.18. The van der Waals surface area contributed by atoms with Gasteiger partial charge >= 0.3 is 5.97 Å². The van der Waals surface area contributed by atoms with Crippen molar-refractivity contribution in [2.45, 2.75) is 349 Å². The van der Waals surface area contributed by atoms with Crippen LogP contribution in [0.4, 0.5) is 0 Å². The molecule has 0 saturated heterocycles. The second-order valence-corrected chi connectivity index (χ2v) is 22.0. The second-order valence-electron chi connectivity index (χ2n) is 22.0. The van der Waals surface area contributed by atoms with Gasteiger partial charge in [-0.3, -0.25) is 4.79 Å². The van der Waals surface area contributed by atoms with Gasteiger partial charge in [0.05, 0.1) is 25.4 Å². The molecule has 0 fully saturated rings. The molecule has 0 radical (unpaired) electrons. The van der Waals surface area contributed by atoms with Crippen molar-refractivity contribution in [3.63, 3.8) is 0 Å². The molecule has 0 aromatic heterocycles. The van der Waals surface area contributed by atoms with Gasteiger partial charge in [-0.15, -0.1) is 0 Å². The topological polar surface area (TPSA) is 95.9 Å². The molecule has 0 saturated carbocycles. The lowest BCUT2D eigenvalue weighted by Gasteiger charge is -2.22. The number of esters is 1. The Kier molecular flexibility index (Phi) is 68.8. The fraction of sp³-hybridized carbons (Fsp3) is 0.955. The SMILES string of the molecule is C=C(CCC(OCCCCCCCCC)OCCCCCCCCC)OCCCCCCCCN(CCCCO)CCCCCCCCOC(=O)CCC(OCCCCCCCCC)OCCCCCCCCC.CC. The summed E-state index contributed by atoms with van der Waals surface area (Å²) in [4.78, 5) is 15.3. The Morgan fingerprint density at radius 2 is 0.618 bits per heavy atom. The van der Waals surface area contributed by atoms with E-state index in [-0.39, 0.29) is 25.2 Å². The fourth-order valence-electron chi connectivity index (χ4n) is 9.66. The van der Waals surface area contributed by atoms with Crippen molar-refractivity contribution in [1.82, 2.24) is 4.90 Å². The minimum atomic E-state index is -0.313. The molecule has 0 unspecified atom stereocenters. The smallest absolute Gasteiger partial charge is 0.305 e. The van der Waals surface area contributed by atoms with Crippen LogP contribution in [-0.2, 0) is 33.2 Å². The minimum absolute atomic E-state index is 0.128. The third-order valence-electron chi connectivity index (χ3n) is 14.6. The Bertz CT molecular complexity index is 977. The number of hydrogen-bond acceptors (Lipinski definition) is 9. The van der Waals surface area contributed by atoms with Crippen LogP contribution in [0, 0.1) is 0 Å². The van der Waals surface area contributed by atoms with Crippen LogP contribution in [0.1, 0.15) is 337 Å². The van der Waals surface area contributed by atoms with Gasteiger partial charge in [-0.25, -0.2) is 0 Å². The highest BCUT2D eigenvalue weighted by atomic mass is 16.7. The number of nitrogens with zero attached hydrogens (tertiary/aromatic N) is 1. The quantitative estimate of drug-likeness (QED) is 0.0276. The molecule has 0 spiro atoms. The summed E-state index contributed by atoms with van der Waals surface area (Å²) >= 11 is 0. The molecule has 0 aromatic carbocycles. The Morgan fingerprint density at radius 3 is 0.947 bits per heavy atom. The molecule has 9 nitrogen and oxygen atoms in total. The largest absolute Gasteiger partial charge is 0.499 e. The Labute approximate surface area is 475 Å². The van der Waals surface area contributed by atoms with Gasteiger partial charge in [0.2, 0.25) is 0 Å². The summed E-state index contributed by atoms with van der Waals surface area (Å²) in [5, 5.41) is 9.40. The van der Waals surface area contributed by atoms with E-state index in [0.29, 0.717) is 32.7 Å². The first-order valence-corrected chi connectivity index (χ1v) is 33.8. The molecule has 0 aromatic rings. The monoisotopic (exact) mass is 1080 g/mol. The lowest BCUT2D eigenvalue weighted by Crippen LogP contribution is -2.27. The van der Waals surface area contributed by atoms with Crippen LogP contribution in [0.15, 0.2) is 12.3 Å². The van der Waals surface area contributed by atoms with Crippen LogP contribution < -0.4 is 0 Å². The second kappa shape index (κ2) is 68.0. The lowest BCUT2D eigenvalue weighted by molar-refractivity contribution is -0.159. The predicted molar refractivity (Wildman–Crippen MR) is 327 cm³/mol. The first-order valence-electron chi connectivity index (χ1n) is 33.8. The molecule has 9 heteroatoms. The molecule has 0 bridgehead atoms. The number of aliphatic hydroxyl groups excluding tert-OH is 1. The zero-order valence-electron chi connectivity index (χ0n) is 52.2. The summed E-state index contributed by atoms with van der Waals surface area (Å²) in [6.45, 7) is 25.2. The van der Waals surface area contributed by atoms with Crippen molar-refractivity contribution >= 4 is 5.97 Å². The molecule has 0 aliphatic rings.